The Kier molecular flexibility index (Phi) is 1.73. The van der Waals surface area contributed by atoms with E-state index < -0.39 is 0 Å². The molecule has 0 aliphatic carbocycles. The molecule has 0 saturated heterocycles. The van der Waals surface area contributed by atoms with E-state index in [1.807, 2.05) is 18.2 Å². The van der Waals surface area contributed by atoms with E-state index in [0.717, 1.165) is 0 Å². The van der Waals surface area contributed by atoms with Crippen LogP contribution in [0.5, 0.6) is 0 Å². The summed E-state index contributed by atoms with van der Waals surface area (Å²) in [4.78, 5) is 0. The van der Waals surface area contributed by atoms with Crippen LogP contribution < -0.4 is 5.46 Å². The highest BCUT2D eigenvalue weighted by molar-refractivity contribution is 6.34. The summed E-state index contributed by atoms with van der Waals surface area (Å²) in [6.07, 6.45) is 1.87. The van der Waals surface area contributed by atoms with E-state index in [4.69, 9.17) is 0 Å². The maximum atomic E-state index is 3.69. The minimum Gasteiger partial charge on any atom is -0.0985 e. The molecule has 1 aromatic carbocycles. The Morgan fingerprint density at radius 3 is 2.44 bits per heavy atom. The summed E-state index contributed by atoms with van der Waals surface area (Å²) in [6, 6.07) is 8.19. The highest BCUT2D eigenvalue weighted by atomic mass is 13.9. The zero-order valence-corrected chi connectivity index (χ0v) is 5.59. The summed E-state index contributed by atoms with van der Waals surface area (Å²) in [5.41, 5.74) is 2.50. The second-order valence-corrected chi connectivity index (χ2v) is 2.06. The number of hydrogen-bond donors (Lipinski definition) is 0. The van der Waals surface area contributed by atoms with Gasteiger partial charge in [0.15, 0.2) is 0 Å². The van der Waals surface area contributed by atoms with E-state index in [0.29, 0.717) is 0 Å². The maximum Gasteiger partial charge on any atom is 0.140 e. The lowest BCUT2D eigenvalue weighted by atomic mass is 9.91. The minimum atomic E-state index is 1.22. The van der Waals surface area contributed by atoms with Crippen LogP contribution in [0.3, 0.4) is 0 Å². The fourth-order valence-electron chi connectivity index (χ4n) is 0.816. The van der Waals surface area contributed by atoms with Gasteiger partial charge in [-0.25, -0.2) is 0 Å². The molecule has 0 saturated carbocycles. The van der Waals surface area contributed by atoms with Crippen LogP contribution in [-0.4, -0.2) is 7.85 Å². The van der Waals surface area contributed by atoms with Gasteiger partial charge in [-0.1, -0.05) is 42.4 Å². The SMILES string of the molecule is Bc1ccccc1C=C. The van der Waals surface area contributed by atoms with Gasteiger partial charge < -0.3 is 0 Å². The van der Waals surface area contributed by atoms with Crippen LogP contribution in [0.15, 0.2) is 30.8 Å². The molecule has 0 fully saturated rings. The molecular formula is C8H9B. The van der Waals surface area contributed by atoms with Crippen molar-refractivity contribution in [3.05, 3.63) is 36.4 Å². The van der Waals surface area contributed by atoms with E-state index >= 15 is 0 Å². The first-order valence-electron chi connectivity index (χ1n) is 3.02. The van der Waals surface area contributed by atoms with Crippen molar-refractivity contribution in [1.82, 2.24) is 0 Å². The predicted octanol–water partition coefficient (Wildman–Crippen LogP) is 0.588. The van der Waals surface area contributed by atoms with Crippen LogP contribution in [0.4, 0.5) is 0 Å². The zero-order chi connectivity index (χ0) is 6.69. The topological polar surface area (TPSA) is 0 Å². The smallest absolute Gasteiger partial charge is 0.0985 e. The summed E-state index contributed by atoms with van der Waals surface area (Å²) in [7, 11) is 2.08. The maximum absolute atomic E-state index is 3.69. The molecule has 0 bridgehead atoms. The van der Waals surface area contributed by atoms with Gasteiger partial charge in [0.05, 0.1) is 0 Å². The van der Waals surface area contributed by atoms with Gasteiger partial charge in [-0.3, -0.25) is 0 Å². The van der Waals surface area contributed by atoms with Gasteiger partial charge in [0.1, 0.15) is 7.85 Å². The molecule has 0 aromatic heterocycles. The molecule has 1 aromatic rings. The molecule has 0 heterocycles. The second kappa shape index (κ2) is 2.54. The van der Waals surface area contributed by atoms with Crippen LogP contribution in [0.1, 0.15) is 5.56 Å². The Balaban J connectivity index is 3.15. The Hall–Kier alpha value is -0.975. The van der Waals surface area contributed by atoms with Crippen LogP contribution in [0, 0.1) is 0 Å². The Morgan fingerprint density at radius 1 is 1.33 bits per heavy atom. The summed E-state index contributed by atoms with van der Waals surface area (Å²) in [6.45, 7) is 3.69. The molecular weight excluding hydrogens is 107 g/mol. The first-order chi connectivity index (χ1) is 4.34. The lowest BCUT2D eigenvalue weighted by Crippen LogP contribution is -2.04. The van der Waals surface area contributed by atoms with Crippen molar-refractivity contribution in [2.75, 3.05) is 0 Å². The van der Waals surface area contributed by atoms with Gasteiger partial charge in [-0.15, -0.1) is 0 Å². The number of rotatable bonds is 1. The van der Waals surface area contributed by atoms with Crippen molar-refractivity contribution in [3.63, 3.8) is 0 Å². The average molecular weight is 116 g/mol. The molecule has 9 heavy (non-hydrogen) atoms. The quantitative estimate of drug-likeness (QED) is 0.471. The largest absolute Gasteiger partial charge is 0.140 e. The van der Waals surface area contributed by atoms with E-state index in [1.165, 1.54) is 11.0 Å². The molecule has 0 unspecified atom stereocenters. The molecule has 44 valence electrons. The van der Waals surface area contributed by atoms with Crippen LogP contribution >= 0.6 is 0 Å². The molecule has 0 aliphatic heterocycles. The third kappa shape index (κ3) is 1.23. The molecule has 0 atom stereocenters. The van der Waals surface area contributed by atoms with Crippen molar-refractivity contribution in [3.8, 4) is 0 Å². The van der Waals surface area contributed by atoms with Gasteiger partial charge in [0.2, 0.25) is 0 Å². The third-order valence-electron chi connectivity index (χ3n) is 1.41. The van der Waals surface area contributed by atoms with Gasteiger partial charge in [-0.2, -0.15) is 0 Å². The molecule has 0 aliphatic rings. The first-order valence-corrected chi connectivity index (χ1v) is 3.02. The van der Waals surface area contributed by atoms with Crippen LogP contribution in [0.2, 0.25) is 0 Å². The molecule has 1 rings (SSSR count). The molecule has 0 radical (unpaired) electrons. The third-order valence-corrected chi connectivity index (χ3v) is 1.41. The Morgan fingerprint density at radius 2 is 2.00 bits per heavy atom. The summed E-state index contributed by atoms with van der Waals surface area (Å²) in [5, 5.41) is 0. The number of hydrogen-bond acceptors (Lipinski definition) is 0. The fraction of sp³-hybridized carbons (Fsp3) is 0. The zero-order valence-electron chi connectivity index (χ0n) is 5.59. The predicted molar refractivity (Wildman–Crippen MR) is 44.7 cm³/mol. The van der Waals surface area contributed by atoms with E-state index in [2.05, 4.69) is 26.6 Å². The van der Waals surface area contributed by atoms with E-state index in [9.17, 15) is 0 Å². The second-order valence-electron chi connectivity index (χ2n) is 2.06. The Labute approximate surface area is 56.6 Å². The lowest BCUT2D eigenvalue weighted by molar-refractivity contribution is 1.72. The van der Waals surface area contributed by atoms with Gasteiger partial charge >= 0.3 is 0 Å². The summed E-state index contributed by atoms with van der Waals surface area (Å²) in [5.74, 6) is 0. The molecule has 0 amide bonds. The standard InChI is InChI=1S/C8H9B/c1-2-7-5-3-4-6-8(7)9/h2-6H,1,9H2. The fourth-order valence-corrected chi connectivity index (χ4v) is 0.816. The van der Waals surface area contributed by atoms with Gasteiger partial charge in [-0.05, 0) is 5.56 Å². The van der Waals surface area contributed by atoms with Crippen molar-refractivity contribution in [1.29, 1.82) is 0 Å². The van der Waals surface area contributed by atoms with Gasteiger partial charge in [0.25, 0.3) is 0 Å². The van der Waals surface area contributed by atoms with Crippen molar-refractivity contribution >= 4 is 19.4 Å². The van der Waals surface area contributed by atoms with Crippen LogP contribution in [-0.2, 0) is 0 Å². The lowest BCUT2D eigenvalue weighted by Gasteiger charge is -1.95. The molecule has 0 N–H and O–H groups in total. The van der Waals surface area contributed by atoms with Crippen molar-refractivity contribution in [2.24, 2.45) is 0 Å². The summed E-state index contributed by atoms with van der Waals surface area (Å²) < 4.78 is 0. The van der Waals surface area contributed by atoms with Gasteiger partial charge in [0, 0.05) is 0 Å². The number of benzene rings is 1. The summed E-state index contributed by atoms with van der Waals surface area (Å²) >= 11 is 0. The average Bonchev–Trinajstić information content (AvgIpc) is 1.89. The molecule has 0 nitrogen and oxygen atoms in total. The molecule has 0 spiro atoms. The molecule has 1 heteroatoms. The van der Waals surface area contributed by atoms with E-state index in [1.54, 1.807) is 0 Å². The van der Waals surface area contributed by atoms with E-state index in [-0.39, 0.29) is 0 Å². The highest BCUT2D eigenvalue weighted by Crippen LogP contribution is 1.94. The monoisotopic (exact) mass is 116 g/mol. The van der Waals surface area contributed by atoms with Crippen molar-refractivity contribution in [2.45, 2.75) is 0 Å². The van der Waals surface area contributed by atoms with Crippen LogP contribution in [0.25, 0.3) is 6.08 Å². The first kappa shape index (κ1) is 6.15. The highest BCUT2D eigenvalue weighted by Gasteiger charge is 1.86. The van der Waals surface area contributed by atoms with Crippen molar-refractivity contribution < 1.29 is 0 Å². The Bertz CT molecular complexity index is 216. The minimum absolute atomic E-state index is 1.22. The normalized spacial score (nSPS) is 8.89.